The van der Waals surface area contributed by atoms with Gasteiger partial charge in [-0.25, -0.2) is 0 Å². The summed E-state index contributed by atoms with van der Waals surface area (Å²) < 4.78 is 5.70. The van der Waals surface area contributed by atoms with Crippen molar-refractivity contribution >= 4 is 17.5 Å². The van der Waals surface area contributed by atoms with Crippen LogP contribution in [0.4, 0.5) is 0 Å². The average molecular weight is 355 g/mol. The van der Waals surface area contributed by atoms with Crippen LogP contribution in [-0.4, -0.2) is 12.0 Å². The second kappa shape index (κ2) is 7.16. The van der Waals surface area contributed by atoms with E-state index in [0.29, 0.717) is 16.3 Å². The molecule has 3 rings (SSSR count). The van der Waals surface area contributed by atoms with Gasteiger partial charge in [0.25, 0.3) is 5.91 Å². The standard InChI is InChI=1S/C20H19ClN2O2/c1-14(25-18-9-3-15(13-22)4-10-18)19(24)23-20(11-2-12-20)16-5-7-17(21)8-6-16/h3-10,14H,2,11-12H2,1H3,(H,23,24). The molecule has 25 heavy (non-hydrogen) atoms. The lowest BCUT2D eigenvalue weighted by Gasteiger charge is -2.43. The monoisotopic (exact) mass is 354 g/mol. The van der Waals surface area contributed by atoms with Crippen LogP contribution in [0.3, 0.4) is 0 Å². The molecule has 1 saturated carbocycles. The van der Waals surface area contributed by atoms with Crippen molar-refractivity contribution in [1.82, 2.24) is 5.32 Å². The molecular weight excluding hydrogens is 336 g/mol. The number of hydrogen-bond acceptors (Lipinski definition) is 3. The van der Waals surface area contributed by atoms with Crippen LogP contribution in [0.25, 0.3) is 0 Å². The van der Waals surface area contributed by atoms with E-state index in [-0.39, 0.29) is 11.4 Å². The Hall–Kier alpha value is -2.51. The van der Waals surface area contributed by atoms with Crippen LogP contribution in [-0.2, 0) is 10.3 Å². The summed E-state index contributed by atoms with van der Waals surface area (Å²) in [7, 11) is 0. The van der Waals surface area contributed by atoms with E-state index in [0.717, 1.165) is 24.8 Å². The van der Waals surface area contributed by atoms with Gasteiger partial charge >= 0.3 is 0 Å². The van der Waals surface area contributed by atoms with Crippen molar-refractivity contribution in [3.63, 3.8) is 0 Å². The minimum atomic E-state index is -0.627. The van der Waals surface area contributed by atoms with E-state index >= 15 is 0 Å². The fourth-order valence-corrected chi connectivity index (χ4v) is 3.11. The van der Waals surface area contributed by atoms with Gasteiger partial charge in [-0.15, -0.1) is 0 Å². The third-order valence-electron chi connectivity index (χ3n) is 4.63. The molecule has 0 spiro atoms. The molecule has 0 aromatic heterocycles. The molecule has 2 aromatic rings. The van der Waals surface area contributed by atoms with E-state index in [9.17, 15) is 4.79 Å². The average Bonchev–Trinajstić information content (AvgIpc) is 2.59. The van der Waals surface area contributed by atoms with Crippen LogP contribution in [0.2, 0.25) is 5.02 Å². The molecule has 128 valence electrons. The molecule has 1 fully saturated rings. The minimum absolute atomic E-state index is 0.154. The summed E-state index contributed by atoms with van der Waals surface area (Å²) in [4.78, 5) is 12.6. The zero-order valence-corrected chi connectivity index (χ0v) is 14.7. The lowest BCUT2D eigenvalue weighted by Crippen LogP contribution is -2.54. The molecule has 1 atom stereocenters. The van der Waals surface area contributed by atoms with E-state index in [1.807, 2.05) is 24.3 Å². The number of nitrogens with one attached hydrogen (secondary N) is 1. The van der Waals surface area contributed by atoms with Gasteiger partial charge in [0.15, 0.2) is 6.10 Å². The van der Waals surface area contributed by atoms with Gasteiger partial charge in [0.2, 0.25) is 0 Å². The van der Waals surface area contributed by atoms with Crippen LogP contribution in [0.1, 0.15) is 37.3 Å². The van der Waals surface area contributed by atoms with Crippen molar-refractivity contribution in [3.8, 4) is 11.8 Å². The van der Waals surface area contributed by atoms with Gasteiger partial charge in [-0.2, -0.15) is 5.26 Å². The van der Waals surface area contributed by atoms with Crippen LogP contribution < -0.4 is 10.1 Å². The van der Waals surface area contributed by atoms with Crippen LogP contribution in [0, 0.1) is 11.3 Å². The molecule has 1 N–H and O–H groups in total. The van der Waals surface area contributed by atoms with E-state index in [4.69, 9.17) is 21.6 Å². The zero-order chi connectivity index (χ0) is 17.9. The lowest BCUT2D eigenvalue weighted by molar-refractivity contribution is -0.130. The van der Waals surface area contributed by atoms with Crippen molar-refractivity contribution in [2.75, 3.05) is 0 Å². The van der Waals surface area contributed by atoms with Gasteiger partial charge < -0.3 is 10.1 Å². The summed E-state index contributed by atoms with van der Waals surface area (Å²) in [6, 6.07) is 16.4. The smallest absolute Gasteiger partial charge is 0.261 e. The van der Waals surface area contributed by atoms with Crippen LogP contribution in [0.15, 0.2) is 48.5 Å². The fraction of sp³-hybridized carbons (Fsp3) is 0.300. The summed E-state index contributed by atoms with van der Waals surface area (Å²) in [6.45, 7) is 1.72. The summed E-state index contributed by atoms with van der Waals surface area (Å²) in [5.41, 5.74) is 1.30. The van der Waals surface area contributed by atoms with E-state index < -0.39 is 6.10 Å². The second-order valence-electron chi connectivity index (χ2n) is 6.33. The largest absolute Gasteiger partial charge is 0.481 e. The Bertz CT molecular complexity index is 790. The highest BCUT2D eigenvalue weighted by molar-refractivity contribution is 6.30. The molecule has 1 unspecified atom stereocenters. The maximum absolute atomic E-state index is 12.6. The molecule has 0 aliphatic heterocycles. The van der Waals surface area contributed by atoms with Crippen molar-refractivity contribution in [3.05, 3.63) is 64.7 Å². The number of halogens is 1. The number of nitriles is 1. The van der Waals surface area contributed by atoms with Crippen molar-refractivity contribution in [1.29, 1.82) is 5.26 Å². The summed E-state index contributed by atoms with van der Waals surface area (Å²) in [5, 5.41) is 12.7. The van der Waals surface area contributed by atoms with Gasteiger partial charge in [0.1, 0.15) is 5.75 Å². The molecule has 0 bridgehead atoms. The third-order valence-corrected chi connectivity index (χ3v) is 4.88. The van der Waals surface area contributed by atoms with Gasteiger partial charge in [0.05, 0.1) is 17.2 Å². The van der Waals surface area contributed by atoms with Gasteiger partial charge in [-0.3, -0.25) is 4.79 Å². The Kier molecular flexibility index (Phi) is 4.96. The number of nitrogens with zero attached hydrogens (tertiary/aromatic N) is 1. The molecule has 1 aliphatic carbocycles. The number of carbonyl (C=O) groups is 1. The van der Waals surface area contributed by atoms with E-state index in [1.54, 1.807) is 31.2 Å². The zero-order valence-electron chi connectivity index (χ0n) is 14.0. The highest BCUT2D eigenvalue weighted by Crippen LogP contribution is 2.41. The first-order valence-electron chi connectivity index (χ1n) is 8.27. The fourth-order valence-electron chi connectivity index (χ4n) is 2.99. The molecule has 4 nitrogen and oxygen atoms in total. The molecule has 2 aromatic carbocycles. The first-order valence-corrected chi connectivity index (χ1v) is 8.65. The Labute approximate surface area is 152 Å². The third kappa shape index (κ3) is 3.78. The molecule has 1 amide bonds. The van der Waals surface area contributed by atoms with Crippen molar-refractivity contribution in [2.24, 2.45) is 0 Å². The van der Waals surface area contributed by atoms with Gasteiger partial charge in [-0.1, -0.05) is 23.7 Å². The maximum Gasteiger partial charge on any atom is 0.261 e. The molecule has 1 aliphatic rings. The number of benzene rings is 2. The number of amides is 1. The molecule has 0 radical (unpaired) electrons. The van der Waals surface area contributed by atoms with E-state index in [1.165, 1.54) is 0 Å². The highest BCUT2D eigenvalue weighted by atomic mass is 35.5. The normalized spacial score (nSPS) is 16.2. The first kappa shape index (κ1) is 17.3. The molecule has 0 heterocycles. The maximum atomic E-state index is 12.6. The number of carbonyl (C=O) groups excluding carboxylic acids is 1. The predicted molar refractivity (Wildman–Crippen MR) is 96.4 cm³/mol. The minimum Gasteiger partial charge on any atom is -0.481 e. The topological polar surface area (TPSA) is 62.1 Å². The van der Waals surface area contributed by atoms with Gasteiger partial charge in [-0.05, 0) is 68.1 Å². The SMILES string of the molecule is CC(Oc1ccc(C#N)cc1)C(=O)NC1(c2ccc(Cl)cc2)CCC1. The summed E-state index contributed by atoms with van der Waals surface area (Å²) in [5.74, 6) is 0.412. The Morgan fingerprint density at radius 1 is 1.20 bits per heavy atom. The van der Waals surface area contributed by atoms with Crippen molar-refractivity contribution in [2.45, 2.75) is 37.8 Å². The molecule has 0 saturated heterocycles. The van der Waals surface area contributed by atoms with Crippen LogP contribution >= 0.6 is 11.6 Å². The molecular formula is C20H19ClN2O2. The Balaban J connectivity index is 1.67. The number of hydrogen-bond donors (Lipinski definition) is 1. The summed E-state index contributed by atoms with van der Waals surface area (Å²) in [6.07, 6.45) is 2.26. The van der Waals surface area contributed by atoms with Crippen molar-refractivity contribution < 1.29 is 9.53 Å². The second-order valence-corrected chi connectivity index (χ2v) is 6.76. The lowest BCUT2D eigenvalue weighted by atomic mass is 9.71. The quantitative estimate of drug-likeness (QED) is 0.876. The Morgan fingerprint density at radius 2 is 1.84 bits per heavy atom. The van der Waals surface area contributed by atoms with E-state index in [2.05, 4.69) is 11.4 Å². The first-order chi connectivity index (χ1) is 12.0. The highest BCUT2D eigenvalue weighted by Gasteiger charge is 2.40. The Morgan fingerprint density at radius 3 is 2.36 bits per heavy atom. The number of rotatable bonds is 5. The van der Waals surface area contributed by atoms with Crippen LogP contribution in [0.5, 0.6) is 5.75 Å². The predicted octanol–water partition coefficient (Wildman–Crippen LogP) is 4.17. The molecule has 5 heteroatoms. The van der Waals surface area contributed by atoms with Gasteiger partial charge in [0, 0.05) is 5.02 Å². The number of ether oxygens (including phenoxy) is 1. The summed E-state index contributed by atoms with van der Waals surface area (Å²) >= 11 is 5.96.